The number of carbonyl (C=O) groups excluding carboxylic acids is 2. The van der Waals surface area contributed by atoms with Crippen LogP contribution in [0.15, 0.2) is 72.8 Å². The van der Waals surface area contributed by atoms with Crippen LogP contribution < -0.4 is 14.5 Å². The van der Waals surface area contributed by atoms with E-state index in [2.05, 4.69) is 0 Å². The summed E-state index contributed by atoms with van der Waals surface area (Å²) in [6, 6.07) is 19.5. The fraction of sp³-hybridized carbons (Fsp3) is 0.167. The molecule has 1 aliphatic rings. The van der Waals surface area contributed by atoms with Crippen molar-refractivity contribution in [2.45, 2.75) is 13.0 Å². The molecule has 0 aromatic heterocycles. The van der Waals surface area contributed by atoms with Gasteiger partial charge in [-0.2, -0.15) is 0 Å². The maximum Gasteiger partial charge on any atom is 0.255 e. The van der Waals surface area contributed by atoms with E-state index in [1.807, 2.05) is 31.2 Å². The Morgan fingerprint density at radius 1 is 0.933 bits per heavy atom. The molecule has 0 bridgehead atoms. The van der Waals surface area contributed by atoms with Gasteiger partial charge in [0.05, 0.1) is 12.8 Å². The molecule has 3 aromatic rings. The summed E-state index contributed by atoms with van der Waals surface area (Å²) in [6.45, 7) is 1.72. The summed E-state index contributed by atoms with van der Waals surface area (Å²) in [5, 5.41) is 0. The van der Waals surface area contributed by atoms with Gasteiger partial charge in [-0.1, -0.05) is 42.0 Å². The molecule has 6 heteroatoms. The highest BCUT2D eigenvalue weighted by molar-refractivity contribution is 6.14. The van der Waals surface area contributed by atoms with Crippen LogP contribution in [0.25, 0.3) is 0 Å². The van der Waals surface area contributed by atoms with Crippen LogP contribution in [0.5, 0.6) is 5.75 Å². The Bertz CT molecular complexity index is 1080. The molecule has 0 spiro atoms. The number of para-hydroxylation sites is 1. The maximum absolute atomic E-state index is 14.4. The molecule has 3 aromatic carbocycles. The zero-order valence-corrected chi connectivity index (χ0v) is 16.7. The van der Waals surface area contributed by atoms with E-state index < -0.39 is 11.9 Å². The number of methoxy groups -OCH3 is 1. The molecule has 4 rings (SSSR count). The molecule has 5 nitrogen and oxygen atoms in total. The number of carbonyl (C=O) groups is 2. The number of amides is 2. The van der Waals surface area contributed by atoms with Crippen LogP contribution in [0.4, 0.5) is 15.8 Å². The molecule has 0 N–H and O–H groups in total. The minimum Gasteiger partial charge on any atom is -0.497 e. The summed E-state index contributed by atoms with van der Waals surface area (Å²) in [5.41, 5.74) is 2.38. The van der Waals surface area contributed by atoms with E-state index in [1.54, 1.807) is 43.5 Å². The zero-order valence-electron chi connectivity index (χ0n) is 16.7. The van der Waals surface area contributed by atoms with E-state index in [-0.39, 0.29) is 24.0 Å². The van der Waals surface area contributed by atoms with Gasteiger partial charge in [0.25, 0.3) is 5.91 Å². The lowest BCUT2D eigenvalue weighted by atomic mass is 9.99. The normalized spacial score (nSPS) is 16.7. The van der Waals surface area contributed by atoms with Gasteiger partial charge in [0.1, 0.15) is 24.2 Å². The van der Waals surface area contributed by atoms with Gasteiger partial charge in [-0.25, -0.2) is 4.39 Å². The quantitative estimate of drug-likeness (QED) is 0.653. The first-order valence-corrected chi connectivity index (χ1v) is 9.58. The molecule has 152 valence electrons. The van der Waals surface area contributed by atoms with Crippen LogP contribution in [0.2, 0.25) is 0 Å². The van der Waals surface area contributed by atoms with Crippen molar-refractivity contribution in [3.05, 3.63) is 89.7 Å². The molecule has 0 radical (unpaired) electrons. The molecule has 1 aliphatic heterocycles. The highest BCUT2D eigenvalue weighted by atomic mass is 19.1. The standard InChI is InChI=1S/C24H21FN2O3/c1-16-7-11-18(12-8-16)27-22(28)15-26(21-6-4-3-5-20(21)25)24(29)23(27)17-9-13-19(30-2)14-10-17/h3-14,23H,15H2,1-2H3/t23-/m0/s1. The SMILES string of the molecule is COc1ccc([C@H]2C(=O)N(c3ccccc3F)CC(=O)N2c2ccc(C)cc2)cc1. The predicted octanol–water partition coefficient (Wildman–Crippen LogP) is 4.26. The van der Waals surface area contributed by atoms with Crippen LogP contribution in [-0.2, 0) is 9.59 Å². The summed E-state index contributed by atoms with van der Waals surface area (Å²) in [4.78, 5) is 29.5. The van der Waals surface area contributed by atoms with Crippen LogP contribution in [-0.4, -0.2) is 25.5 Å². The van der Waals surface area contributed by atoms with Gasteiger partial charge in [-0.3, -0.25) is 19.4 Å². The molecule has 1 saturated heterocycles. The second-order valence-corrected chi connectivity index (χ2v) is 7.15. The maximum atomic E-state index is 14.4. The van der Waals surface area contributed by atoms with Gasteiger partial charge in [0, 0.05) is 5.69 Å². The van der Waals surface area contributed by atoms with E-state index in [9.17, 15) is 14.0 Å². The van der Waals surface area contributed by atoms with E-state index >= 15 is 0 Å². The predicted molar refractivity (Wildman–Crippen MR) is 113 cm³/mol. The largest absolute Gasteiger partial charge is 0.497 e. The van der Waals surface area contributed by atoms with Gasteiger partial charge in [0.15, 0.2) is 0 Å². The number of halogens is 1. The van der Waals surface area contributed by atoms with Crippen molar-refractivity contribution in [1.82, 2.24) is 0 Å². The second kappa shape index (κ2) is 7.99. The number of aryl methyl sites for hydroxylation is 1. The molecule has 30 heavy (non-hydrogen) atoms. The van der Waals surface area contributed by atoms with Gasteiger partial charge < -0.3 is 4.74 Å². The first-order chi connectivity index (χ1) is 14.5. The summed E-state index contributed by atoms with van der Waals surface area (Å²) in [5.74, 6) is -0.565. The fourth-order valence-corrected chi connectivity index (χ4v) is 3.64. The number of piperazine rings is 1. The Kier molecular flexibility index (Phi) is 5.23. The van der Waals surface area contributed by atoms with Crippen LogP contribution >= 0.6 is 0 Å². The third-order valence-electron chi connectivity index (χ3n) is 5.21. The summed E-state index contributed by atoms with van der Waals surface area (Å²) >= 11 is 0. The zero-order chi connectivity index (χ0) is 21.3. The number of anilines is 2. The average Bonchev–Trinajstić information content (AvgIpc) is 2.76. The lowest BCUT2D eigenvalue weighted by Gasteiger charge is -2.40. The van der Waals surface area contributed by atoms with Gasteiger partial charge >= 0.3 is 0 Å². The van der Waals surface area contributed by atoms with Crippen LogP contribution in [0, 0.1) is 12.7 Å². The van der Waals surface area contributed by atoms with Crippen molar-refractivity contribution in [1.29, 1.82) is 0 Å². The number of hydrogen-bond acceptors (Lipinski definition) is 3. The molecule has 1 heterocycles. The number of rotatable bonds is 4. The molecule has 2 amide bonds. The average molecular weight is 404 g/mol. The van der Waals surface area contributed by atoms with Gasteiger partial charge in [-0.15, -0.1) is 0 Å². The van der Waals surface area contributed by atoms with E-state index in [0.717, 1.165) is 5.56 Å². The van der Waals surface area contributed by atoms with Crippen molar-refractivity contribution in [3.8, 4) is 5.75 Å². The number of nitrogens with zero attached hydrogens (tertiary/aromatic N) is 2. The number of ether oxygens (including phenoxy) is 1. The Morgan fingerprint density at radius 2 is 1.60 bits per heavy atom. The summed E-state index contributed by atoms with van der Waals surface area (Å²) in [7, 11) is 1.56. The Morgan fingerprint density at radius 3 is 2.23 bits per heavy atom. The van der Waals surface area contributed by atoms with Crippen LogP contribution in [0.3, 0.4) is 0 Å². The highest BCUT2D eigenvalue weighted by Crippen LogP contribution is 2.35. The number of hydrogen-bond donors (Lipinski definition) is 0. The third kappa shape index (κ3) is 3.52. The lowest BCUT2D eigenvalue weighted by molar-refractivity contribution is -0.128. The first kappa shape index (κ1) is 19.6. The van der Waals surface area contributed by atoms with Gasteiger partial charge in [-0.05, 0) is 48.9 Å². The van der Waals surface area contributed by atoms with Gasteiger partial charge in [0.2, 0.25) is 5.91 Å². The monoisotopic (exact) mass is 404 g/mol. The van der Waals surface area contributed by atoms with Crippen molar-refractivity contribution in [2.24, 2.45) is 0 Å². The summed E-state index contributed by atoms with van der Waals surface area (Å²) in [6.07, 6.45) is 0. The molecule has 1 atom stereocenters. The second-order valence-electron chi connectivity index (χ2n) is 7.15. The third-order valence-corrected chi connectivity index (χ3v) is 5.21. The minimum absolute atomic E-state index is 0.0953. The minimum atomic E-state index is -0.917. The molecule has 0 saturated carbocycles. The smallest absolute Gasteiger partial charge is 0.255 e. The van der Waals surface area contributed by atoms with Crippen molar-refractivity contribution in [2.75, 3.05) is 23.5 Å². The molecule has 1 fully saturated rings. The highest BCUT2D eigenvalue weighted by Gasteiger charge is 2.42. The Labute approximate surface area is 174 Å². The van der Waals surface area contributed by atoms with E-state index in [1.165, 1.54) is 21.9 Å². The van der Waals surface area contributed by atoms with E-state index in [4.69, 9.17) is 4.74 Å². The topological polar surface area (TPSA) is 49.9 Å². The molecular formula is C24H21FN2O3. The first-order valence-electron chi connectivity index (χ1n) is 9.58. The molecule has 0 aliphatic carbocycles. The Hall–Kier alpha value is -3.67. The molecular weight excluding hydrogens is 383 g/mol. The van der Waals surface area contributed by atoms with Crippen molar-refractivity contribution in [3.63, 3.8) is 0 Å². The van der Waals surface area contributed by atoms with E-state index in [0.29, 0.717) is 17.0 Å². The van der Waals surface area contributed by atoms with Crippen molar-refractivity contribution < 1.29 is 18.7 Å². The van der Waals surface area contributed by atoms with Crippen molar-refractivity contribution >= 4 is 23.2 Å². The summed E-state index contributed by atoms with van der Waals surface area (Å²) < 4.78 is 19.6. The lowest BCUT2D eigenvalue weighted by Crippen LogP contribution is -2.56. The number of benzene rings is 3. The Balaban J connectivity index is 1.82. The van der Waals surface area contributed by atoms with Crippen LogP contribution in [0.1, 0.15) is 17.2 Å². The molecule has 0 unspecified atom stereocenters. The fourth-order valence-electron chi connectivity index (χ4n) is 3.64.